The minimum absolute atomic E-state index is 0.0208. The Hall–Kier alpha value is -4.22. The Balaban J connectivity index is 1.18. The van der Waals surface area contributed by atoms with E-state index in [0.717, 1.165) is 43.4 Å². The van der Waals surface area contributed by atoms with Crippen LogP contribution in [0.4, 0.5) is 35.1 Å². The molecule has 1 saturated heterocycles. The fourth-order valence-corrected chi connectivity index (χ4v) is 5.11. The van der Waals surface area contributed by atoms with Crippen molar-refractivity contribution in [3.8, 4) is 16.9 Å². The first-order valence-corrected chi connectivity index (χ1v) is 15.0. The van der Waals surface area contributed by atoms with Gasteiger partial charge in [0.05, 0.1) is 18.8 Å². The van der Waals surface area contributed by atoms with Crippen LogP contribution in [-0.4, -0.2) is 13.2 Å². The number of unbranched alkanes of at least 4 members (excludes halogenated alkanes) is 2. The zero-order chi connectivity index (χ0) is 33.7. The van der Waals surface area contributed by atoms with Gasteiger partial charge in [-0.05, 0) is 54.3 Å². The van der Waals surface area contributed by atoms with Crippen molar-refractivity contribution in [3.63, 3.8) is 0 Å². The quantitative estimate of drug-likeness (QED) is 0.0909. The molecular formula is C36H30F8O3. The maximum absolute atomic E-state index is 14.8. The summed E-state index contributed by atoms with van der Waals surface area (Å²) in [4.78, 5) is 0. The molecular weight excluding hydrogens is 632 g/mol. The zero-order valence-electron chi connectivity index (χ0n) is 25.2. The van der Waals surface area contributed by atoms with Gasteiger partial charge in [0, 0.05) is 34.7 Å². The lowest BCUT2D eigenvalue weighted by molar-refractivity contribution is -0.197. The van der Waals surface area contributed by atoms with Gasteiger partial charge in [0.15, 0.2) is 23.7 Å². The molecule has 1 aliphatic heterocycles. The molecule has 0 spiro atoms. The van der Waals surface area contributed by atoms with Crippen LogP contribution in [-0.2, 0) is 22.0 Å². The topological polar surface area (TPSA) is 27.7 Å². The number of benzene rings is 4. The van der Waals surface area contributed by atoms with Crippen LogP contribution in [0.2, 0.25) is 0 Å². The van der Waals surface area contributed by atoms with Gasteiger partial charge < -0.3 is 14.2 Å². The van der Waals surface area contributed by atoms with Crippen LogP contribution in [0.5, 0.6) is 5.75 Å². The van der Waals surface area contributed by atoms with Gasteiger partial charge in [0.25, 0.3) is 0 Å². The summed E-state index contributed by atoms with van der Waals surface area (Å²) in [6, 6.07) is 12.0. The van der Waals surface area contributed by atoms with Crippen molar-refractivity contribution in [1.29, 1.82) is 0 Å². The predicted molar refractivity (Wildman–Crippen MR) is 159 cm³/mol. The van der Waals surface area contributed by atoms with Gasteiger partial charge in [0.1, 0.15) is 23.2 Å². The summed E-state index contributed by atoms with van der Waals surface area (Å²) >= 11 is 0. The Kier molecular flexibility index (Phi) is 10.7. The molecule has 11 heteroatoms. The van der Waals surface area contributed by atoms with Gasteiger partial charge >= 0.3 is 6.11 Å². The van der Waals surface area contributed by atoms with Crippen LogP contribution in [0.15, 0.2) is 72.8 Å². The normalized spacial score (nSPS) is 17.0. The van der Waals surface area contributed by atoms with Gasteiger partial charge in [0.2, 0.25) is 0 Å². The molecule has 0 unspecified atom stereocenters. The Bertz CT molecular complexity index is 1690. The number of ether oxygens (including phenoxy) is 3. The number of hydrogen-bond acceptors (Lipinski definition) is 3. The molecule has 248 valence electrons. The fourth-order valence-electron chi connectivity index (χ4n) is 5.11. The highest BCUT2D eigenvalue weighted by atomic mass is 19.3. The molecule has 4 aromatic carbocycles. The Morgan fingerprint density at radius 2 is 1.40 bits per heavy atom. The van der Waals surface area contributed by atoms with Crippen molar-refractivity contribution in [1.82, 2.24) is 0 Å². The first-order chi connectivity index (χ1) is 22.4. The molecule has 47 heavy (non-hydrogen) atoms. The highest BCUT2D eigenvalue weighted by Crippen LogP contribution is 2.35. The molecule has 0 atom stereocenters. The molecule has 5 rings (SSSR count). The van der Waals surface area contributed by atoms with Gasteiger partial charge in [-0.25, -0.2) is 26.3 Å². The average Bonchev–Trinajstić information content (AvgIpc) is 3.03. The molecule has 3 nitrogen and oxygen atoms in total. The zero-order valence-corrected chi connectivity index (χ0v) is 25.2. The minimum atomic E-state index is -3.83. The lowest BCUT2D eigenvalue weighted by Crippen LogP contribution is -2.25. The van der Waals surface area contributed by atoms with Gasteiger partial charge in [-0.1, -0.05) is 56.2 Å². The molecule has 1 fully saturated rings. The Morgan fingerprint density at radius 3 is 2.00 bits per heavy atom. The molecule has 4 aromatic rings. The highest BCUT2D eigenvalue weighted by Gasteiger charge is 2.35. The first kappa shape index (κ1) is 34.1. The summed E-state index contributed by atoms with van der Waals surface area (Å²) in [7, 11) is 0. The predicted octanol–water partition coefficient (Wildman–Crippen LogP) is 10.4. The molecule has 1 heterocycles. The standard InChI is InChI=1S/C36H30F8O3/c1-2-3-4-5-21-6-10-25(11-7-21)36(43,44)47-26-17-30(38)28(31(39)18-26)12-8-22-19-45-35(46-20-22)23-9-13-27(29(37)14-23)24-15-32(40)34(42)33(41)16-24/h6-18,22,35H,2-5,19-20H2,1H3/b12-8+. The van der Waals surface area contributed by atoms with E-state index in [-0.39, 0.29) is 29.9 Å². The number of alkyl halides is 2. The van der Waals surface area contributed by atoms with E-state index in [1.807, 2.05) is 0 Å². The second-order valence-corrected chi connectivity index (χ2v) is 11.2. The maximum Gasteiger partial charge on any atom is 0.426 e. The van der Waals surface area contributed by atoms with Crippen molar-refractivity contribution >= 4 is 6.08 Å². The van der Waals surface area contributed by atoms with Gasteiger partial charge in [-0.2, -0.15) is 8.78 Å². The van der Waals surface area contributed by atoms with Crippen molar-refractivity contribution in [2.75, 3.05) is 13.2 Å². The van der Waals surface area contributed by atoms with E-state index in [1.165, 1.54) is 30.3 Å². The van der Waals surface area contributed by atoms with E-state index in [9.17, 15) is 35.1 Å². The van der Waals surface area contributed by atoms with Crippen LogP contribution < -0.4 is 4.74 Å². The van der Waals surface area contributed by atoms with E-state index < -0.39 is 70.1 Å². The first-order valence-electron chi connectivity index (χ1n) is 15.0. The molecule has 0 bridgehead atoms. The molecule has 0 radical (unpaired) electrons. The molecule has 1 aliphatic rings. The lowest BCUT2D eigenvalue weighted by atomic mass is 10.0. The largest absolute Gasteiger partial charge is 0.429 e. The smallest absolute Gasteiger partial charge is 0.426 e. The van der Waals surface area contributed by atoms with Crippen LogP contribution in [0, 0.1) is 40.8 Å². The SMILES string of the molecule is CCCCCc1ccc(C(F)(F)Oc2cc(F)c(/C=C/C3COC(c4ccc(-c5cc(F)c(F)c(F)c5)c(F)c4)OC3)c(F)c2)cc1. The summed E-state index contributed by atoms with van der Waals surface area (Å²) in [5.41, 5.74) is -0.140. The van der Waals surface area contributed by atoms with Crippen molar-refractivity contribution in [3.05, 3.63) is 130 Å². The van der Waals surface area contributed by atoms with Crippen molar-refractivity contribution in [2.45, 2.75) is 45.0 Å². The highest BCUT2D eigenvalue weighted by molar-refractivity contribution is 5.65. The molecule has 0 amide bonds. The van der Waals surface area contributed by atoms with Crippen LogP contribution in [0.3, 0.4) is 0 Å². The molecule has 0 N–H and O–H groups in total. The second-order valence-electron chi connectivity index (χ2n) is 11.2. The number of hydrogen-bond donors (Lipinski definition) is 0. The number of aryl methyl sites for hydroxylation is 1. The van der Waals surface area contributed by atoms with E-state index in [0.29, 0.717) is 24.3 Å². The minimum Gasteiger partial charge on any atom is -0.429 e. The average molecular weight is 663 g/mol. The van der Waals surface area contributed by atoms with E-state index in [2.05, 4.69) is 6.92 Å². The summed E-state index contributed by atoms with van der Waals surface area (Å²) < 4.78 is 130. The van der Waals surface area contributed by atoms with Crippen LogP contribution in [0.1, 0.15) is 54.7 Å². The third-order valence-electron chi connectivity index (χ3n) is 7.68. The third-order valence-corrected chi connectivity index (χ3v) is 7.68. The fraction of sp³-hybridized carbons (Fsp3) is 0.278. The summed E-state index contributed by atoms with van der Waals surface area (Å²) in [6.45, 7) is 2.11. The van der Waals surface area contributed by atoms with E-state index >= 15 is 0 Å². The van der Waals surface area contributed by atoms with Crippen LogP contribution in [0.25, 0.3) is 17.2 Å². The molecule has 0 saturated carbocycles. The Labute approximate surface area is 266 Å². The van der Waals surface area contributed by atoms with Gasteiger partial charge in [-0.15, -0.1) is 0 Å². The van der Waals surface area contributed by atoms with Crippen LogP contribution >= 0.6 is 0 Å². The van der Waals surface area contributed by atoms with Crippen molar-refractivity contribution in [2.24, 2.45) is 5.92 Å². The van der Waals surface area contributed by atoms with Gasteiger partial charge in [-0.3, -0.25) is 0 Å². The van der Waals surface area contributed by atoms with E-state index in [1.54, 1.807) is 12.1 Å². The molecule has 0 aliphatic carbocycles. The summed E-state index contributed by atoms with van der Waals surface area (Å²) in [6.07, 6.45) is 1.49. The molecule has 0 aromatic heterocycles. The summed E-state index contributed by atoms with van der Waals surface area (Å²) in [5.74, 6) is -8.82. The lowest BCUT2D eigenvalue weighted by Gasteiger charge is -2.28. The van der Waals surface area contributed by atoms with E-state index in [4.69, 9.17) is 14.2 Å². The second kappa shape index (κ2) is 14.7. The van der Waals surface area contributed by atoms with Crippen molar-refractivity contribution < 1.29 is 49.3 Å². The monoisotopic (exact) mass is 662 g/mol. The third kappa shape index (κ3) is 8.20. The number of rotatable bonds is 11. The number of halogens is 8. The Morgan fingerprint density at radius 1 is 0.766 bits per heavy atom. The maximum atomic E-state index is 14.8. The summed E-state index contributed by atoms with van der Waals surface area (Å²) in [5, 5.41) is 0.